The molecule has 0 radical (unpaired) electrons. The molecule has 70 valence electrons. The van der Waals surface area contributed by atoms with Gasteiger partial charge >= 0.3 is 0 Å². The number of hydrogen-bond donors (Lipinski definition) is 1. The van der Waals surface area contributed by atoms with Crippen molar-refractivity contribution < 1.29 is 9.18 Å². The molecular formula is C9H11FN2O. The van der Waals surface area contributed by atoms with E-state index in [2.05, 4.69) is 10.3 Å². The van der Waals surface area contributed by atoms with Crippen molar-refractivity contribution in [3.05, 3.63) is 29.6 Å². The zero-order valence-electron chi connectivity index (χ0n) is 7.38. The van der Waals surface area contributed by atoms with Gasteiger partial charge in [0, 0.05) is 12.7 Å². The summed E-state index contributed by atoms with van der Waals surface area (Å²) in [7, 11) is 0. The Labute approximate surface area is 76.0 Å². The number of pyridine rings is 1. The van der Waals surface area contributed by atoms with Crippen LogP contribution in [0.25, 0.3) is 0 Å². The third kappa shape index (κ3) is 2.82. The monoisotopic (exact) mass is 182 g/mol. The third-order valence-electron chi connectivity index (χ3n) is 1.52. The molecule has 1 N–H and O–H groups in total. The number of nitrogens with one attached hydrogen (secondary N) is 1. The van der Waals surface area contributed by atoms with Crippen LogP contribution in [-0.2, 0) is 0 Å². The van der Waals surface area contributed by atoms with E-state index in [1.165, 1.54) is 0 Å². The van der Waals surface area contributed by atoms with Crippen LogP contribution >= 0.6 is 0 Å². The minimum atomic E-state index is -0.558. The van der Waals surface area contributed by atoms with Gasteiger partial charge in [0.25, 0.3) is 5.91 Å². The fourth-order valence-corrected chi connectivity index (χ4v) is 0.853. The Morgan fingerprint density at radius 1 is 1.62 bits per heavy atom. The summed E-state index contributed by atoms with van der Waals surface area (Å²) in [6.45, 7) is 1.36. The molecule has 1 rings (SSSR count). The Bertz CT molecular complexity index is 284. The minimum Gasteiger partial charge on any atom is -0.348 e. The van der Waals surface area contributed by atoms with Gasteiger partial charge in [-0.2, -0.15) is 0 Å². The molecule has 0 unspecified atom stereocenters. The second-order valence-electron chi connectivity index (χ2n) is 2.67. The SMILES string of the molecule is Cc1ccc(C(=O)NCCF)nc1. The lowest BCUT2D eigenvalue weighted by atomic mass is 10.2. The number of hydrogen-bond acceptors (Lipinski definition) is 2. The van der Waals surface area contributed by atoms with Crippen LogP contribution in [-0.4, -0.2) is 24.1 Å². The lowest BCUT2D eigenvalue weighted by Gasteiger charge is -2.01. The molecule has 0 saturated heterocycles. The smallest absolute Gasteiger partial charge is 0.269 e. The lowest BCUT2D eigenvalue weighted by molar-refractivity contribution is 0.0946. The van der Waals surface area contributed by atoms with Gasteiger partial charge in [-0.05, 0) is 18.6 Å². The van der Waals surface area contributed by atoms with E-state index in [9.17, 15) is 9.18 Å². The molecule has 1 aromatic rings. The van der Waals surface area contributed by atoms with Crippen LogP contribution < -0.4 is 5.32 Å². The van der Waals surface area contributed by atoms with Gasteiger partial charge in [0.05, 0.1) is 0 Å². The fraction of sp³-hybridized carbons (Fsp3) is 0.333. The molecule has 1 aromatic heterocycles. The average Bonchev–Trinajstić information content (AvgIpc) is 2.15. The Morgan fingerprint density at radius 2 is 2.38 bits per heavy atom. The van der Waals surface area contributed by atoms with Crippen molar-refractivity contribution in [2.75, 3.05) is 13.2 Å². The molecule has 1 amide bonds. The highest BCUT2D eigenvalue weighted by atomic mass is 19.1. The Morgan fingerprint density at radius 3 is 2.92 bits per heavy atom. The number of nitrogens with zero attached hydrogens (tertiary/aromatic N) is 1. The summed E-state index contributed by atoms with van der Waals surface area (Å²) in [4.78, 5) is 15.1. The van der Waals surface area contributed by atoms with Crippen molar-refractivity contribution in [1.29, 1.82) is 0 Å². The van der Waals surface area contributed by atoms with Gasteiger partial charge in [-0.1, -0.05) is 6.07 Å². The number of halogens is 1. The van der Waals surface area contributed by atoms with Gasteiger partial charge in [0.15, 0.2) is 0 Å². The first kappa shape index (κ1) is 9.64. The summed E-state index contributed by atoms with van der Waals surface area (Å²) < 4.78 is 11.7. The first-order chi connectivity index (χ1) is 6.24. The van der Waals surface area contributed by atoms with E-state index in [1.54, 1.807) is 18.3 Å². The summed E-state index contributed by atoms with van der Waals surface area (Å²) in [5.41, 5.74) is 1.31. The van der Waals surface area contributed by atoms with Gasteiger partial charge in [0.1, 0.15) is 12.4 Å². The molecular weight excluding hydrogens is 171 g/mol. The number of carbonyl (C=O) groups is 1. The molecule has 0 aliphatic carbocycles. The molecule has 0 aliphatic rings. The molecule has 1 heterocycles. The van der Waals surface area contributed by atoms with Crippen molar-refractivity contribution in [3.8, 4) is 0 Å². The van der Waals surface area contributed by atoms with E-state index in [-0.39, 0.29) is 12.5 Å². The second-order valence-corrected chi connectivity index (χ2v) is 2.67. The molecule has 13 heavy (non-hydrogen) atoms. The highest BCUT2D eigenvalue weighted by molar-refractivity contribution is 5.92. The van der Waals surface area contributed by atoms with Crippen molar-refractivity contribution in [2.24, 2.45) is 0 Å². The standard InChI is InChI=1S/C9H11FN2O/c1-7-2-3-8(12-6-7)9(13)11-5-4-10/h2-3,6H,4-5H2,1H3,(H,11,13). The summed E-state index contributed by atoms with van der Waals surface area (Å²) in [6.07, 6.45) is 1.60. The van der Waals surface area contributed by atoms with Gasteiger partial charge < -0.3 is 5.32 Å². The van der Waals surface area contributed by atoms with Crippen LogP contribution in [0.15, 0.2) is 18.3 Å². The van der Waals surface area contributed by atoms with Gasteiger partial charge in [-0.25, -0.2) is 4.39 Å². The molecule has 0 atom stereocenters. The number of aryl methyl sites for hydroxylation is 1. The molecule has 0 bridgehead atoms. The highest BCUT2D eigenvalue weighted by Gasteiger charge is 2.04. The van der Waals surface area contributed by atoms with Crippen molar-refractivity contribution in [2.45, 2.75) is 6.92 Å². The summed E-state index contributed by atoms with van der Waals surface area (Å²) >= 11 is 0. The predicted molar refractivity (Wildman–Crippen MR) is 47.3 cm³/mol. The first-order valence-corrected chi connectivity index (χ1v) is 4.01. The van der Waals surface area contributed by atoms with Crippen LogP contribution in [0.1, 0.15) is 16.1 Å². The molecule has 0 spiro atoms. The van der Waals surface area contributed by atoms with Crippen molar-refractivity contribution >= 4 is 5.91 Å². The van der Waals surface area contributed by atoms with Crippen LogP contribution in [0.2, 0.25) is 0 Å². The van der Waals surface area contributed by atoms with Gasteiger partial charge in [-0.3, -0.25) is 9.78 Å². The largest absolute Gasteiger partial charge is 0.348 e. The van der Waals surface area contributed by atoms with E-state index < -0.39 is 6.67 Å². The van der Waals surface area contributed by atoms with Crippen LogP contribution in [0.4, 0.5) is 4.39 Å². The molecule has 0 aliphatic heterocycles. The van der Waals surface area contributed by atoms with E-state index in [4.69, 9.17) is 0 Å². The van der Waals surface area contributed by atoms with Gasteiger partial charge in [-0.15, -0.1) is 0 Å². The third-order valence-corrected chi connectivity index (χ3v) is 1.52. The van der Waals surface area contributed by atoms with Crippen LogP contribution in [0.3, 0.4) is 0 Å². The number of rotatable bonds is 3. The zero-order valence-corrected chi connectivity index (χ0v) is 7.38. The number of carbonyl (C=O) groups excluding carboxylic acids is 1. The number of aromatic nitrogens is 1. The second kappa shape index (κ2) is 4.54. The average molecular weight is 182 g/mol. The molecule has 0 fully saturated rings. The van der Waals surface area contributed by atoms with Crippen LogP contribution in [0.5, 0.6) is 0 Å². The van der Waals surface area contributed by atoms with E-state index in [1.807, 2.05) is 6.92 Å². The highest BCUT2D eigenvalue weighted by Crippen LogP contribution is 1.97. The topological polar surface area (TPSA) is 42.0 Å². The summed E-state index contributed by atoms with van der Waals surface area (Å²) in [5, 5.41) is 2.39. The van der Waals surface area contributed by atoms with E-state index >= 15 is 0 Å². The summed E-state index contributed by atoms with van der Waals surface area (Å²) in [6, 6.07) is 3.40. The maximum absolute atomic E-state index is 11.7. The van der Waals surface area contributed by atoms with E-state index in [0.717, 1.165) is 5.56 Å². The zero-order chi connectivity index (χ0) is 9.68. The van der Waals surface area contributed by atoms with Crippen molar-refractivity contribution in [1.82, 2.24) is 10.3 Å². The van der Waals surface area contributed by atoms with E-state index in [0.29, 0.717) is 5.69 Å². The van der Waals surface area contributed by atoms with Crippen molar-refractivity contribution in [3.63, 3.8) is 0 Å². The number of alkyl halides is 1. The lowest BCUT2D eigenvalue weighted by Crippen LogP contribution is -2.26. The Hall–Kier alpha value is -1.45. The maximum Gasteiger partial charge on any atom is 0.269 e. The Balaban J connectivity index is 2.61. The quantitative estimate of drug-likeness (QED) is 0.760. The van der Waals surface area contributed by atoms with Crippen LogP contribution in [0, 0.1) is 6.92 Å². The maximum atomic E-state index is 11.7. The number of amides is 1. The summed E-state index contributed by atoms with van der Waals surface area (Å²) in [5.74, 6) is -0.336. The van der Waals surface area contributed by atoms with Gasteiger partial charge in [0.2, 0.25) is 0 Å². The first-order valence-electron chi connectivity index (χ1n) is 4.01. The molecule has 0 aromatic carbocycles. The normalized spacial score (nSPS) is 9.69. The Kier molecular flexibility index (Phi) is 3.37. The molecule has 3 nitrogen and oxygen atoms in total. The minimum absolute atomic E-state index is 0.0361. The fourth-order valence-electron chi connectivity index (χ4n) is 0.853. The molecule has 4 heteroatoms. The molecule has 0 saturated carbocycles. The predicted octanol–water partition coefficient (Wildman–Crippen LogP) is 1.09.